The molecule has 0 aliphatic carbocycles. The predicted octanol–water partition coefficient (Wildman–Crippen LogP) is 10.8. The van der Waals surface area contributed by atoms with E-state index >= 15 is 0 Å². The van der Waals surface area contributed by atoms with Crippen LogP contribution in [0.2, 0.25) is 0 Å². The van der Waals surface area contributed by atoms with Gasteiger partial charge in [0.05, 0.1) is 0 Å². The van der Waals surface area contributed by atoms with E-state index < -0.39 is 16.8 Å². The third-order valence-corrected chi connectivity index (χ3v) is 10.3. The maximum Gasteiger partial charge on any atom is 0.530 e. The van der Waals surface area contributed by atoms with Gasteiger partial charge in [-0.15, -0.1) is 0 Å². The summed E-state index contributed by atoms with van der Waals surface area (Å²) >= 11 is 0. The van der Waals surface area contributed by atoms with E-state index in [1.54, 1.807) is 0 Å². The monoisotopic (exact) mass is 642 g/mol. The van der Waals surface area contributed by atoms with E-state index in [4.69, 9.17) is 18.1 Å². The molecule has 0 aromatic heterocycles. The summed E-state index contributed by atoms with van der Waals surface area (Å²) < 4.78 is 26.6. The van der Waals surface area contributed by atoms with Crippen LogP contribution in [-0.2, 0) is 0 Å². The summed E-state index contributed by atoms with van der Waals surface area (Å²) in [5, 5.41) is 2.28. The van der Waals surface area contributed by atoms with Crippen molar-refractivity contribution >= 4 is 27.4 Å². The van der Waals surface area contributed by atoms with Crippen molar-refractivity contribution in [2.75, 3.05) is 0 Å². The van der Waals surface area contributed by atoms with Gasteiger partial charge >= 0.3 is 8.60 Å². The molecule has 0 unspecified atom stereocenters. The summed E-state index contributed by atoms with van der Waals surface area (Å²) in [6.45, 7) is 8.40. The topological polar surface area (TPSA) is 36.9 Å². The van der Waals surface area contributed by atoms with E-state index in [1.165, 1.54) is 0 Å². The second-order valence-corrected chi connectivity index (χ2v) is 13.9. The molecule has 0 aliphatic heterocycles. The molecule has 230 valence electrons. The molecule has 0 bridgehead atoms. The molecule has 0 fully saturated rings. The maximum absolute atomic E-state index is 7.14. The third kappa shape index (κ3) is 7.60. The molecule has 0 aliphatic rings. The Morgan fingerprint density at radius 2 is 0.761 bits per heavy atom. The highest BCUT2D eigenvalue weighted by Crippen LogP contribution is 2.50. The molecule has 0 spiro atoms. The summed E-state index contributed by atoms with van der Waals surface area (Å²) in [4.78, 5) is 0. The number of hydrogen-bond acceptors (Lipinski definition) is 4. The van der Waals surface area contributed by atoms with E-state index in [1.807, 2.05) is 72.8 Å². The van der Waals surface area contributed by atoms with Gasteiger partial charge in [-0.25, -0.2) is 0 Å². The van der Waals surface area contributed by atoms with Gasteiger partial charge in [-0.3, -0.25) is 0 Å². The Balaban J connectivity index is 1.45. The van der Waals surface area contributed by atoms with E-state index in [0.29, 0.717) is 17.2 Å². The van der Waals surface area contributed by atoms with Gasteiger partial charge in [-0.2, -0.15) is 0 Å². The van der Waals surface area contributed by atoms with Crippen LogP contribution in [0.5, 0.6) is 23.0 Å². The van der Waals surface area contributed by atoms with Crippen molar-refractivity contribution < 1.29 is 18.1 Å². The van der Waals surface area contributed by atoms with Gasteiger partial charge in [0, 0.05) is 21.7 Å². The van der Waals surface area contributed by atoms with Crippen LogP contribution in [-0.4, -0.2) is 0 Å². The molecule has 0 heterocycles. The molecule has 4 nitrogen and oxygen atoms in total. The molecule has 6 aromatic carbocycles. The van der Waals surface area contributed by atoms with Gasteiger partial charge in [-0.1, -0.05) is 109 Å². The predicted molar refractivity (Wildman–Crippen MR) is 192 cm³/mol. The summed E-state index contributed by atoms with van der Waals surface area (Å²) in [6, 6.07) is 48.8. The lowest BCUT2D eigenvalue weighted by molar-refractivity contribution is 0.387. The SMILES string of the molecule is Cc1cc(C)c(OP(Oc2ccccc2)Oc2ccccc2)c(-c2cc(C)cc(C)c2OP(c2ccccc2)c2ccccc2)c1. The smallest absolute Gasteiger partial charge is 0.464 e. The Hall–Kier alpha value is -4.62. The fraction of sp³-hybridized carbons (Fsp3) is 0.100. The minimum atomic E-state index is -1.87. The molecule has 0 saturated heterocycles. The highest BCUT2D eigenvalue weighted by molar-refractivity contribution is 7.68. The van der Waals surface area contributed by atoms with Crippen LogP contribution in [0, 0.1) is 27.7 Å². The van der Waals surface area contributed by atoms with Crippen LogP contribution >= 0.6 is 16.8 Å². The molecular weight excluding hydrogens is 606 g/mol. The van der Waals surface area contributed by atoms with Crippen molar-refractivity contribution in [3.05, 3.63) is 168 Å². The van der Waals surface area contributed by atoms with Crippen LogP contribution < -0.4 is 28.7 Å². The van der Waals surface area contributed by atoms with Crippen molar-refractivity contribution in [3.8, 4) is 34.1 Å². The molecule has 0 saturated carbocycles. The average Bonchev–Trinajstić information content (AvgIpc) is 3.07. The zero-order valence-electron chi connectivity index (χ0n) is 26.4. The zero-order valence-corrected chi connectivity index (χ0v) is 28.2. The normalized spacial score (nSPS) is 11.0. The Labute approximate surface area is 274 Å². The average molecular weight is 643 g/mol. The molecule has 0 atom stereocenters. The molecule has 0 amide bonds. The standard InChI is InChI=1S/C40H36O4P2/c1-29-25-31(3)39(43-45(35-21-13-7-14-22-35)36-23-15-8-16-24-36)37(27-29)38-28-30(2)26-32(4)40(38)44-46(41-33-17-9-5-10-18-33)42-34-19-11-6-12-20-34/h5-28H,1-4H3. The summed E-state index contributed by atoms with van der Waals surface area (Å²) in [5.41, 5.74) is 6.19. The maximum atomic E-state index is 7.14. The molecular formula is C40H36O4P2. The van der Waals surface area contributed by atoms with Crippen molar-refractivity contribution in [1.29, 1.82) is 0 Å². The quantitative estimate of drug-likeness (QED) is 0.132. The van der Waals surface area contributed by atoms with E-state index in [0.717, 1.165) is 49.7 Å². The highest BCUT2D eigenvalue weighted by atomic mass is 31.2. The minimum absolute atomic E-state index is 0.669. The molecule has 6 heteroatoms. The van der Waals surface area contributed by atoms with Gasteiger partial charge in [0.25, 0.3) is 0 Å². The van der Waals surface area contributed by atoms with Crippen LogP contribution in [0.3, 0.4) is 0 Å². The van der Waals surface area contributed by atoms with Crippen molar-refractivity contribution in [1.82, 2.24) is 0 Å². The van der Waals surface area contributed by atoms with Crippen molar-refractivity contribution in [3.63, 3.8) is 0 Å². The molecule has 0 radical (unpaired) electrons. The van der Waals surface area contributed by atoms with Crippen molar-refractivity contribution in [2.24, 2.45) is 0 Å². The first kappa shape index (κ1) is 31.4. The zero-order chi connectivity index (χ0) is 31.9. The summed E-state index contributed by atoms with van der Waals surface area (Å²) in [5.74, 6) is 2.86. The first-order valence-corrected chi connectivity index (χ1v) is 17.6. The van der Waals surface area contributed by atoms with Gasteiger partial charge in [0.2, 0.25) is 0 Å². The van der Waals surface area contributed by atoms with Crippen LogP contribution in [0.4, 0.5) is 0 Å². The number of rotatable bonds is 11. The lowest BCUT2D eigenvalue weighted by Gasteiger charge is -2.25. The lowest BCUT2D eigenvalue weighted by atomic mass is 9.95. The Morgan fingerprint density at radius 1 is 0.391 bits per heavy atom. The summed E-state index contributed by atoms with van der Waals surface area (Å²) in [6.07, 6.45) is 0. The van der Waals surface area contributed by atoms with Gasteiger partial charge in [-0.05, 0) is 86.3 Å². The van der Waals surface area contributed by atoms with Gasteiger partial charge in [0.1, 0.15) is 23.0 Å². The Morgan fingerprint density at radius 3 is 1.17 bits per heavy atom. The highest BCUT2D eigenvalue weighted by Gasteiger charge is 2.27. The number of aryl methyl sites for hydroxylation is 4. The second kappa shape index (κ2) is 14.6. The largest absolute Gasteiger partial charge is 0.530 e. The third-order valence-electron chi connectivity index (χ3n) is 7.30. The fourth-order valence-corrected chi connectivity index (χ4v) is 8.20. The van der Waals surface area contributed by atoms with E-state index in [2.05, 4.69) is 100 Å². The first-order chi connectivity index (χ1) is 22.4. The summed E-state index contributed by atoms with van der Waals surface area (Å²) in [7, 11) is -3.03. The molecule has 0 N–H and O–H groups in total. The Kier molecular flexibility index (Phi) is 9.99. The molecule has 46 heavy (non-hydrogen) atoms. The van der Waals surface area contributed by atoms with Crippen LogP contribution in [0.15, 0.2) is 146 Å². The Bertz CT molecular complexity index is 1800. The molecule has 6 aromatic rings. The number of hydrogen-bond donors (Lipinski definition) is 0. The van der Waals surface area contributed by atoms with Gasteiger partial charge in [0.15, 0.2) is 8.15 Å². The van der Waals surface area contributed by atoms with Crippen molar-refractivity contribution in [2.45, 2.75) is 27.7 Å². The number of para-hydroxylation sites is 2. The van der Waals surface area contributed by atoms with E-state index in [9.17, 15) is 0 Å². The number of benzene rings is 6. The molecule has 6 rings (SSSR count). The first-order valence-electron chi connectivity index (χ1n) is 15.2. The lowest BCUT2D eigenvalue weighted by Crippen LogP contribution is -2.16. The van der Waals surface area contributed by atoms with Crippen LogP contribution in [0.1, 0.15) is 22.3 Å². The van der Waals surface area contributed by atoms with Gasteiger partial charge < -0.3 is 18.1 Å². The fourth-order valence-electron chi connectivity index (χ4n) is 5.29. The minimum Gasteiger partial charge on any atom is -0.464 e. The van der Waals surface area contributed by atoms with E-state index in [-0.39, 0.29) is 0 Å². The van der Waals surface area contributed by atoms with Crippen LogP contribution in [0.25, 0.3) is 11.1 Å². The second-order valence-electron chi connectivity index (χ2n) is 11.1.